The Hall–Kier alpha value is -0.780. The topological polar surface area (TPSA) is 58.9 Å². The van der Waals surface area contributed by atoms with Crippen LogP contribution in [0.15, 0.2) is 6.07 Å². The largest absolute Gasteiger partial charge is 0.353 e. The van der Waals surface area contributed by atoms with Crippen LogP contribution in [-0.4, -0.2) is 35.3 Å². The first kappa shape index (κ1) is 19.6. The average Bonchev–Trinajstić information content (AvgIpc) is 2.52. The molecule has 0 unspecified atom stereocenters. The number of aromatic nitrogens is 2. The molecule has 1 aromatic heterocycles. The molecule has 0 saturated heterocycles. The summed E-state index contributed by atoms with van der Waals surface area (Å²) in [5.74, 6) is 0.00380. The van der Waals surface area contributed by atoms with Gasteiger partial charge in [0.2, 0.25) is 5.91 Å². The monoisotopic (exact) mass is 296 g/mol. The van der Waals surface area contributed by atoms with Gasteiger partial charge in [0.15, 0.2) is 0 Å². The van der Waals surface area contributed by atoms with Crippen molar-refractivity contribution in [3.05, 3.63) is 17.5 Å². The molecule has 7 heteroatoms. The third-order valence-electron chi connectivity index (χ3n) is 2.27. The number of nitrogens with zero attached hydrogens (tertiary/aromatic N) is 2. The Balaban J connectivity index is 0. The van der Waals surface area contributed by atoms with Gasteiger partial charge in [-0.25, -0.2) is 0 Å². The van der Waals surface area contributed by atoms with Gasteiger partial charge >= 0.3 is 0 Å². The first-order valence-corrected chi connectivity index (χ1v) is 5.62. The quantitative estimate of drug-likeness (QED) is 0.772. The van der Waals surface area contributed by atoms with Crippen molar-refractivity contribution in [1.29, 1.82) is 0 Å². The van der Waals surface area contributed by atoms with E-state index in [9.17, 15) is 4.79 Å². The van der Waals surface area contributed by atoms with E-state index in [1.807, 2.05) is 26.8 Å². The number of rotatable bonds is 6. The summed E-state index contributed by atoms with van der Waals surface area (Å²) in [4.78, 5) is 11.5. The molecule has 18 heavy (non-hydrogen) atoms. The fourth-order valence-electron chi connectivity index (χ4n) is 1.49. The van der Waals surface area contributed by atoms with E-state index in [-0.39, 0.29) is 30.7 Å². The molecule has 0 bridgehead atoms. The van der Waals surface area contributed by atoms with Crippen molar-refractivity contribution in [2.24, 2.45) is 0 Å². The van der Waals surface area contributed by atoms with Gasteiger partial charge in [-0.1, -0.05) is 6.92 Å². The van der Waals surface area contributed by atoms with Gasteiger partial charge in [-0.2, -0.15) is 5.10 Å². The number of carbonyl (C=O) groups is 1. The second kappa shape index (κ2) is 10.2. The minimum Gasteiger partial charge on any atom is -0.353 e. The van der Waals surface area contributed by atoms with Crippen molar-refractivity contribution in [1.82, 2.24) is 20.4 Å². The molecule has 1 rings (SSSR count). The fraction of sp³-hybridized carbons (Fsp3) is 0.636. The van der Waals surface area contributed by atoms with Crippen LogP contribution in [0, 0.1) is 13.8 Å². The minimum absolute atomic E-state index is 0. The second-order valence-corrected chi connectivity index (χ2v) is 3.79. The lowest BCUT2D eigenvalue weighted by molar-refractivity contribution is -0.121. The van der Waals surface area contributed by atoms with Gasteiger partial charge in [-0.15, -0.1) is 24.8 Å². The molecular weight excluding hydrogens is 275 g/mol. The Morgan fingerprint density at radius 2 is 2.00 bits per heavy atom. The highest BCUT2D eigenvalue weighted by molar-refractivity contribution is 5.85. The van der Waals surface area contributed by atoms with Crippen LogP contribution in [0.4, 0.5) is 0 Å². The lowest BCUT2D eigenvalue weighted by Gasteiger charge is -2.06. The van der Waals surface area contributed by atoms with E-state index >= 15 is 0 Å². The SMILES string of the molecule is CCNCCNC(=O)Cn1nc(C)cc1C.Cl.Cl. The summed E-state index contributed by atoms with van der Waals surface area (Å²) in [6.45, 7) is 8.60. The van der Waals surface area contributed by atoms with Crippen molar-refractivity contribution in [3.8, 4) is 0 Å². The van der Waals surface area contributed by atoms with E-state index < -0.39 is 0 Å². The van der Waals surface area contributed by atoms with Crippen molar-refractivity contribution in [3.63, 3.8) is 0 Å². The number of halogens is 2. The van der Waals surface area contributed by atoms with Crippen LogP contribution in [0.1, 0.15) is 18.3 Å². The van der Waals surface area contributed by atoms with Gasteiger partial charge in [-0.05, 0) is 26.5 Å². The molecule has 1 heterocycles. The normalized spacial score (nSPS) is 9.28. The molecule has 106 valence electrons. The zero-order valence-electron chi connectivity index (χ0n) is 11.0. The Kier molecular flexibility index (Phi) is 11.1. The van der Waals surface area contributed by atoms with E-state index in [0.29, 0.717) is 13.1 Å². The zero-order valence-corrected chi connectivity index (χ0v) is 12.7. The molecule has 5 nitrogen and oxygen atoms in total. The van der Waals surface area contributed by atoms with E-state index in [1.54, 1.807) is 4.68 Å². The molecule has 0 atom stereocenters. The van der Waals surface area contributed by atoms with Crippen LogP contribution in [-0.2, 0) is 11.3 Å². The van der Waals surface area contributed by atoms with Crippen LogP contribution < -0.4 is 10.6 Å². The third kappa shape index (κ3) is 6.83. The predicted molar refractivity (Wildman–Crippen MR) is 77.8 cm³/mol. The molecule has 0 aliphatic carbocycles. The maximum absolute atomic E-state index is 11.5. The third-order valence-corrected chi connectivity index (χ3v) is 2.27. The summed E-state index contributed by atoms with van der Waals surface area (Å²) < 4.78 is 1.72. The van der Waals surface area contributed by atoms with Gasteiger partial charge < -0.3 is 10.6 Å². The molecule has 1 amide bonds. The molecule has 0 aromatic carbocycles. The lowest BCUT2D eigenvalue weighted by atomic mass is 10.4. The molecule has 0 aliphatic heterocycles. The van der Waals surface area contributed by atoms with Crippen LogP contribution in [0.5, 0.6) is 0 Å². The molecule has 0 saturated carbocycles. The first-order chi connectivity index (χ1) is 7.63. The predicted octanol–water partition coefficient (Wildman–Crippen LogP) is 1.07. The highest BCUT2D eigenvalue weighted by Crippen LogP contribution is 2.00. The standard InChI is InChI=1S/C11H20N4O.2ClH/c1-4-12-5-6-13-11(16)8-15-10(3)7-9(2)14-15;;/h7,12H,4-6,8H2,1-3H3,(H,13,16);2*1H. The maximum atomic E-state index is 11.5. The Bertz CT molecular complexity index is 355. The van der Waals surface area contributed by atoms with Gasteiger partial charge in [0.05, 0.1) is 5.69 Å². The van der Waals surface area contributed by atoms with Crippen molar-refractivity contribution in [2.45, 2.75) is 27.3 Å². The first-order valence-electron chi connectivity index (χ1n) is 5.62. The second-order valence-electron chi connectivity index (χ2n) is 3.79. The molecule has 0 radical (unpaired) electrons. The molecule has 2 N–H and O–H groups in total. The van der Waals surface area contributed by atoms with Gasteiger partial charge in [0.25, 0.3) is 0 Å². The number of aryl methyl sites for hydroxylation is 2. The number of likely N-dealkylation sites (N-methyl/N-ethyl adjacent to an activating group) is 1. The van der Waals surface area contributed by atoms with Crippen LogP contribution >= 0.6 is 24.8 Å². The Labute approximate surface area is 121 Å². The molecule has 0 aliphatic rings. The Morgan fingerprint density at radius 1 is 1.33 bits per heavy atom. The van der Waals surface area contributed by atoms with E-state index in [0.717, 1.165) is 24.5 Å². The number of amides is 1. The minimum atomic E-state index is 0. The zero-order chi connectivity index (χ0) is 12.0. The fourth-order valence-corrected chi connectivity index (χ4v) is 1.49. The molecular formula is C11H22Cl2N4O. The van der Waals surface area contributed by atoms with Crippen LogP contribution in [0.25, 0.3) is 0 Å². The number of hydrogen-bond acceptors (Lipinski definition) is 3. The highest BCUT2D eigenvalue weighted by atomic mass is 35.5. The summed E-state index contributed by atoms with van der Waals surface area (Å²) in [5, 5.41) is 10.2. The summed E-state index contributed by atoms with van der Waals surface area (Å²) >= 11 is 0. The summed E-state index contributed by atoms with van der Waals surface area (Å²) in [7, 11) is 0. The summed E-state index contributed by atoms with van der Waals surface area (Å²) in [6, 6.07) is 1.96. The van der Waals surface area contributed by atoms with Crippen molar-refractivity contribution < 1.29 is 4.79 Å². The average molecular weight is 297 g/mol. The van der Waals surface area contributed by atoms with Crippen LogP contribution in [0.3, 0.4) is 0 Å². The highest BCUT2D eigenvalue weighted by Gasteiger charge is 2.05. The lowest BCUT2D eigenvalue weighted by Crippen LogP contribution is -2.34. The smallest absolute Gasteiger partial charge is 0.241 e. The van der Waals surface area contributed by atoms with E-state index in [2.05, 4.69) is 15.7 Å². The summed E-state index contributed by atoms with van der Waals surface area (Å²) in [6.07, 6.45) is 0. The van der Waals surface area contributed by atoms with Gasteiger partial charge in [0, 0.05) is 18.8 Å². The number of carbonyl (C=O) groups excluding carboxylic acids is 1. The summed E-state index contributed by atoms with van der Waals surface area (Å²) in [5.41, 5.74) is 1.96. The number of nitrogens with one attached hydrogen (secondary N) is 2. The van der Waals surface area contributed by atoms with Gasteiger partial charge in [0.1, 0.15) is 6.54 Å². The molecule has 0 fully saturated rings. The molecule has 1 aromatic rings. The van der Waals surface area contributed by atoms with Crippen molar-refractivity contribution >= 4 is 30.7 Å². The van der Waals surface area contributed by atoms with Gasteiger partial charge in [-0.3, -0.25) is 9.48 Å². The maximum Gasteiger partial charge on any atom is 0.241 e. The van der Waals surface area contributed by atoms with Crippen LogP contribution in [0.2, 0.25) is 0 Å². The Morgan fingerprint density at radius 3 is 2.50 bits per heavy atom. The van der Waals surface area contributed by atoms with E-state index in [4.69, 9.17) is 0 Å². The van der Waals surface area contributed by atoms with Crippen molar-refractivity contribution in [2.75, 3.05) is 19.6 Å². The number of hydrogen-bond donors (Lipinski definition) is 2. The van der Waals surface area contributed by atoms with E-state index in [1.165, 1.54) is 0 Å². The molecule has 0 spiro atoms.